The van der Waals surface area contributed by atoms with Crippen molar-refractivity contribution < 1.29 is 9.53 Å². The van der Waals surface area contributed by atoms with Crippen LogP contribution in [0.25, 0.3) is 0 Å². The fraction of sp³-hybridized carbons (Fsp3) is 0.235. The molecule has 0 spiro atoms. The predicted octanol–water partition coefficient (Wildman–Crippen LogP) is 2.77. The van der Waals surface area contributed by atoms with Crippen LogP contribution in [0.4, 0.5) is 11.5 Å². The molecule has 0 aliphatic carbocycles. The van der Waals surface area contributed by atoms with Crippen LogP contribution < -0.4 is 21.1 Å². The van der Waals surface area contributed by atoms with E-state index in [0.717, 1.165) is 17.0 Å². The Balaban J connectivity index is 0.00000312. The zero-order valence-electron chi connectivity index (χ0n) is 14.2. The van der Waals surface area contributed by atoms with Gasteiger partial charge in [0, 0.05) is 18.3 Å². The van der Waals surface area contributed by atoms with Gasteiger partial charge >= 0.3 is 0 Å². The summed E-state index contributed by atoms with van der Waals surface area (Å²) in [6.07, 6.45) is 1.92. The molecule has 4 N–H and O–H groups in total. The molecule has 0 aliphatic rings. The van der Waals surface area contributed by atoms with Gasteiger partial charge in [-0.05, 0) is 42.8 Å². The van der Waals surface area contributed by atoms with E-state index in [1.165, 1.54) is 0 Å². The first-order chi connectivity index (χ1) is 11.6. The summed E-state index contributed by atoms with van der Waals surface area (Å²) in [7, 11) is 1.61. The molecule has 134 valence electrons. The molecular formula is C17H22IN5O2. The van der Waals surface area contributed by atoms with Crippen molar-refractivity contribution in [2.24, 2.45) is 10.7 Å². The lowest BCUT2D eigenvalue weighted by molar-refractivity contribution is -0.116. The highest BCUT2D eigenvalue weighted by molar-refractivity contribution is 14.0. The number of nitrogens with two attached hydrogens (primary N) is 1. The number of aryl methyl sites for hydroxylation is 1. The third kappa shape index (κ3) is 7.38. The van der Waals surface area contributed by atoms with Gasteiger partial charge in [0.15, 0.2) is 5.96 Å². The van der Waals surface area contributed by atoms with Gasteiger partial charge in [-0.1, -0.05) is 6.07 Å². The molecule has 0 saturated heterocycles. The van der Waals surface area contributed by atoms with E-state index in [9.17, 15) is 4.79 Å². The predicted molar refractivity (Wildman–Crippen MR) is 111 cm³/mol. The number of methoxy groups -OCH3 is 1. The molecule has 0 aliphatic heterocycles. The van der Waals surface area contributed by atoms with E-state index in [2.05, 4.69) is 20.6 Å². The van der Waals surface area contributed by atoms with Crippen LogP contribution in [0.5, 0.6) is 5.75 Å². The summed E-state index contributed by atoms with van der Waals surface area (Å²) < 4.78 is 5.08. The summed E-state index contributed by atoms with van der Waals surface area (Å²) in [6.45, 7) is 2.22. The Hall–Kier alpha value is -2.36. The molecule has 8 heteroatoms. The van der Waals surface area contributed by atoms with Gasteiger partial charge in [-0.15, -0.1) is 24.0 Å². The smallest absolute Gasteiger partial charge is 0.227 e. The lowest BCUT2D eigenvalue weighted by atomic mass is 10.3. The van der Waals surface area contributed by atoms with E-state index in [1.807, 2.05) is 37.3 Å². The normalized spacial score (nSPS) is 10.6. The zero-order valence-corrected chi connectivity index (χ0v) is 16.5. The molecule has 2 rings (SSSR count). The molecular weight excluding hydrogens is 433 g/mol. The summed E-state index contributed by atoms with van der Waals surface area (Å²) >= 11 is 0. The Bertz CT molecular complexity index is 702. The molecule has 1 amide bonds. The Kier molecular flexibility index (Phi) is 8.68. The fourth-order valence-corrected chi connectivity index (χ4v) is 1.89. The lowest BCUT2D eigenvalue weighted by Gasteiger charge is -2.07. The van der Waals surface area contributed by atoms with Crippen LogP contribution in [0, 0.1) is 6.92 Å². The van der Waals surface area contributed by atoms with Gasteiger partial charge in [-0.25, -0.2) is 4.98 Å². The monoisotopic (exact) mass is 455 g/mol. The zero-order chi connectivity index (χ0) is 17.4. The van der Waals surface area contributed by atoms with Crippen molar-refractivity contribution in [3.05, 3.63) is 48.2 Å². The van der Waals surface area contributed by atoms with Gasteiger partial charge in [-0.2, -0.15) is 0 Å². The number of nitrogens with one attached hydrogen (secondary N) is 2. The van der Waals surface area contributed by atoms with Gasteiger partial charge in [-0.3, -0.25) is 9.79 Å². The number of nitrogens with zero attached hydrogens (tertiary/aromatic N) is 2. The fourth-order valence-electron chi connectivity index (χ4n) is 1.89. The first kappa shape index (κ1) is 20.7. The number of aliphatic imine (C=N–C) groups is 1. The second-order valence-electron chi connectivity index (χ2n) is 5.14. The standard InChI is InChI=1S/C17H21N5O2.HI/c1-12-3-8-15(20-11-12)22-16(23)9-10-19-17(18)21-13-4-6-14(24-2)7-5-13;/h3-8,11H,9-10H2,1-2H3,(H3,18,19,21)(H,20,22,23);1H. The van der Waals surface area contributed by atoms with E-state index in [0.29, 0.717) is 5.82 Å². The molecule has 1 heterocycles. The number of pyridine rings is 1. The quantitative estimate of drug-likeness (QED) is 0.353. The molecule has 1 aromatic carbocycles. The number of benzene rings is 1. The van der Waals surface area contributed by atoms with Crippen LogP contribution in [-0.2, 0) is 4.79 Å². The number of hydrogen-bond acceptors (Lipinski definition) is 4. The molecule has 2 aromatic rings. The molecule has 0 bridgehead atoms. The van der Waals surface area contributed by atoms with Crippen molar-refractivity contribution in [2.75, 3.05) is 24.3 Å². The van der Waals surface area contributed by atoms with Crippen molar-refractivity contribution >= 4 is 47.3 Å². The van der Waals surface area contributed by atoms with Crippen LogP contribution in [-0.4, -0.2) is 30.5 Å². The number of hydrogen-bond donors (Lipinski definition) is 3. The Morgan fingerprint density at radius 1 is 1.20 bits per heavy atom. The molecule has 0 saturated carbocycles. The highest BCUT2D eigenvalue weighted by Gasteiger charge is 2.03. The number of carbonyl (C=O) groups is 1. The molecule has 0 atom stereocenters. The van der Waals surface area contributed by atoms with E-state index >= 15 is 0 Å². The highest BCUT2D eigenvalue weighted by Crippen LogP contribution is 2.14. The second-order valence-corrected chi connectivity index (χ2v) is 5.14. The Morgan fingerprint density at radius 3 is 2.52 bits per heavy atom. The third-order valence-corrected chi connectivity index (χ3v) is 3.16. The largest absolute Gasteiger partial charge is 0.497 e. The molecule has 0 radical (unpaired) electrons. The Morgan fingerprint density at radius 2 is 1.92 bits per heavy atom. The van der Waals surface area contributed by atoms with Crippen LogP contribution in [0.1, 0.15) is 12.0 Å². The SMILES string of the molecule is COc1ccc(NC(N)=NCCC(=O)Nc2ccc(C)cn2)cc1.I. The third-order valence-electron chi connectivity index (χ3n) is 3.16. The van der Waals surface area contributed by atoms with Crippen LogP contribution in [0.15, 0.2) is 47.6 Å². The van der Waals surface area contributed by atoms with Gasteiger partial charge in [0.25, 0.3) is 0 Å². The maximum atomic E-state index is 11.8. The van der Waals surface area contributed by atoms with Gasteiger partial charge in [0.2, 0.25) is 5.91 Å². The summed E-state index contributed by atoms with van der Waals surface area (Å²) in [5, 5.41) is 5.66. The summed E-state index contributed by atoms with van der Waals surface area (Å²) in [6, 6.07) is 10.9. The van der Waals surface area contributed by atoms with Crippen molar-refractivity contribution in [3.8, 4) is 5.75 Å². The minimum Gasteiger partial charge on any atom is -0.497 e. The van der Waals surface area contributed by atoms with E-state index in [4.69, 9.17) is 10.5 Å². The molecule has 1 aromatic heterocycles. The Labute approximate surface area is 164 Å². The minimum absolute atomic E-state index is 0. The first-order valence-electron chi connectivity index (χ1n) is 7.50. The average Bonchev–Trinajstić information content (AvgIpc) is 2.57. The number of anilines is 2. The van der Waals surface area contributed by atoms with E-state index in [1.54, 1.807) is 19.4 Å². The first-order valence-corrected chi connectivity index (χ1v) is 7.50. The van der Waals surface area contributed by atoms with Crippen molar-refractivity contribution in [1.29, 1.82) is 0 Å². The van der Waals surface area contributed by atoms with Gasteiger partial charge < -0.3 is 21.1 Å². The molecule has 0 unspecified atom stereocenters. The average molecular weight is 455 g/mol. The maximum Gasteiger partial charge on any atom is 0.227 e. The lowest BCUT2D eigenvalue weighted by Crippen LogP contribution is -2.23. The number of rotatable bonds is 6. The number of carbonyl (C=O) groups excluding carboxylic acids is 1. The minimum atomic E-state index is -0.160. The topological polar surface area (TPSA) is 102 Å². The van der Waals surface area contributed by atoms with Gasteiger partial charge in [0.05, 0.1) is 13.7 Å². The maximum absolute atomic E-state index is 11.8. The summed E-state index contributed by atoms with van der Waals surface area (Å²) in [5.74, 6) is 1.38. The van der Waals surface area contributed by atoms with E-state index in [-0.39, 0.29) is 48.8 Å². The molecule has 25 heavy (non-hydrogen) atoms. The number of ether oxygens (including phenoxy) is 1. The summed E-state index contributed by atoms with van der Waals surface area (Å²) in [5.41, 5.74) is 7.63. The summed E-state index contributed by atoms with van der Waals surface area (Å²) in [4.78, 5) is 20.1. The van der Waals surface area contributed by atoms with Crippen molar-refractivity contribution in [3.63, 3.8) is 0 Å². The van der Waals surface area contributed by atoms with Crippen LogP contribution in [0.2, 0.25) is 0 Å². The van der Waals surface area contributed by atoms with Crippen molar-refractivity contribution in [2.45, 2.75) is 13.3 Å². The van der Waals surface area contributed by atoms with E-state index < -0.39 is 0 Å². The number of aromatic nitrogens is 1. The van der Waals surface area contributed by atoms with Crippen LogP contribution in [0.3, 0.4) is 0 Å². The second kappa shape index (κ2) is 10.5. The van der Waals surface area contributed by atoms with Crippen LogP contribution >= 0.6 is 24.0 Å². The van der Waals surface area contributed by atoms with Crippen molar-refractivity contribution in [1.82, 2.24) is 4.98 Å². The number of amides is 1. The number of guanidine groups is 1. The number of halogens is 1. The molecule has 7 nitrogen and oxygen atoms in total. The highest BCUT2D eigenvalue weighted by atomic mass is 127. The molecule has 0 fully saturated rings. The van der Waals surface area contributed by atoms with Gasteiger partial charge in [0.1, 0.15) is 11.6 Å².